The minimum absolute atomic E-state index is 0.195. The number of hydrogen-bond acceptors (Lipinski definition) is 2. The molecule has 0 aliphatic carbocycles. The van der Waals surface area contributed by atoms with Crippen LogP contribution in [0.4, 0.5) is 4.39 Å². The molecule has 0 spiro atoms. The second-order valence-electron chi connectivity index (χ2n) is 5.22. The highest BCUT2D eigenvalue weighted by Crippen LogP contribution is 2.11. The van der Waals surface area contributed by atoms with Crippen molar-refractivity contribution in [1.29, 1.82) is 0 Å². The van der Waals surface area contributed by atoms with Gasteiger partial charge in [0, 0.05) is 6.04 Å². The molecule has 20 heavy (non-hydrogen) atoms. The van der Waals surface area contributed by atoms with Gasteiger partial charge in [-0.15, -0.1) is 0 Å². The van der Waals surface area contributed by atoms with Gasteiger partial charge in [0.15, 0.2) is 0 Å². The molecule has 2 aromatic carbocycles. The fourth-order valence-corrected chi connectivity index (χ4v) is 2.36. The molecule has 106 valence electrons. The van der Waals surface area contributed by atoms with Crippen LogP contribution in [0.2, 0.25) is 0 Å². The average molecular weight is 272 g/mol. The van der Waals surface area contributed by atoms with Crippen LogP contribution in [-0.2, 0) is 12.8 Å². The molecule has 1 unspecified atom stereocenters. The number of halogens is 1. The Labute approximate surface area is 119 Å². The summed E-state index contributed by atoms with van der Waals surface area (Å²) in [6, 6.07) is 15.3. The third-order valence-corrected chi connectivity index (χ3v) is 3.50. The Kier molecular flexibility index (Phi) is 5.27. The Morgan fingerprint density at radius 1 is 1.10 bits per heavy atom. The number of nitrogens with one attached hydrogen (secondary N) is 1. The molecule has 0 bridgehead atoms. The second-order valence-corrected chi connectivity index (χ2v) is 5.22. The Morgan fingerprint density at radius 2 is 1.85 bits per heavy atom. The van der Waals surface area contributed by atoms with Gasteiger partial charge in [-0.3, -0.25) is 11.3 Å². The summed E-state index contributed by atoms with van der Waals surface area (Å²) in [6.07, 6.45) is 2.75. The lowest BCUT2D eigenvalue weighted by Crippen LogP contribution is -2.37. The zero-order chi connectivity index (χ0) is 14.4. The van der Waals surface area contributed by atoms with E-state index in [2.05, 4.69) is 36.6 Å². The van der Waals surface area contributed by atoms with Gasteiger partial charge < -0.3 is 0 Å². The van der Waals surface area contributed by atoms with Crippen molar-refractivity contribution in [3.8, 4) is 0 Å². The van der Waals surface area contributed by atoms with Gasteiger partial charge in [0.1, 0.15) is 5.82 Å². The number of nitrogens with two attached hydrogens (primary N) is 1. The van der Waals surface area contributed by atoms with E-state index in [4.69, 9.17) is 5.84 Å². The zero-order valence-corrected chi connectivity index (χ0v) is 11.8. The minimum Gasteiger partial charge on any atom is -0.271 e. The maximum Gasteiger partial charge on any atom is 0.123 e. The Morgan fingerprint density at radius 3 is 2.50 bits per heavy atom. The van der Waals surface area contributed by atoms with E-state index in [1.54, 1.807) is 0 Å². The highest BCUT2D eigenvalue weighted by atomic mass is 19.1. The van der Waals surface area contributed by atoms with Gasteiger partial charge in [-0.25, -0.2) is 4.39 Å². The molecule has 2 nitrogen and oxygen atoms in total. The Hall–Kier alpha value is -1.71. The van der Waals surface area contributed by atoms with Crippen molar-refractivity contribution in [1.82, 2.24) is 5.43 Å². The smallest absolute Gasteiger partial charge is 0.123 e. The van der Waals surface area contributed by atoms with Gasteiger partial charge in [0.25, 0.3) is 0 Å². The molecule has 0 saturated carbocycles. The highest BCUT2D eigenvalue weighted by Gasteiger charge is 2.08. The van der Waals surface area contributed by atoms with Crippen molar-refractivity contribution in [3.63, 3.8) is 0 Å². The predicted octanol–water partition coefficient (Wildman–Crippen LogP) is 3.14. The largest absolute Gasteiger partial charge is 0.271 e. The first-order valence-corrected chi connectivity index (χ1v) is 6.93. The first kappa shape index (κ1) is 14.7. The SMILES string of the molecule is Cc1cccc(CCC(Cc2ccc(F)cc2)NN)c1. The number of aryl methyl sites for hydroxylation is 2. The first-order chi connectivity index (χ1) is 9.67. The standard InChI is InChI=1S/C17H21FN2/c1-13-3-2-4-14(11-13)7-10-17(20-19)12-15-5-8-16(18)9-6-15/h2-6,8-9,11,17,20H,7,10,12,19H2,1H3. The summed E-state index contributed by atoms with van der Waals surface area (Å²) in [6.45, 7) is 2.10. The van der Waals surface area contributed by atoms with Crippen molar-refractivity contribution in [3.05, 3.63) is 71.0 Å². The maximum absolute atomic E-state index is 12.9. The van der Waals surface area contributed by atoms with Crippen LogP contribution >= 0.6 is 0 Å². The number of rotatable bonds is 6. The lowest BCUT2D eigenvalue weighted by atomic mass is 9.99. The summed E-state index contributed by atoms with van der Waals surface area (Å²) >= 11 is 0. The molecule has 3 heteroatoms. The number of benzene rings is 2. The van der Waals surface area contributed by atoms with Gasteiger partial charge in [-0.1, -0.05) is 42.0 Å². The molecule has 3 N–H and O–H groups in total. The van der Waals surface area contributed by atoms with E-state index in [0.29, 0.717) is 0 Å². The molecular weight excluding hydrogens is 251 g/mol. The summed E-state index contributed by atoms with van der Waals surface area (Å²) in [4.78, 5) is 0. The van der Waals surface area contributed by atoms with E-state index in [1.807, 2.05) is 12.1 Å². The summed E-state index contributed by atoms with van der Waals surface area (Å²) in [5, 5.41) is 0. The highest BCUT2D eigenvalue weighted by molar-refractivity contribution is 5.22. The maximum atomic E-state index is 12.9. The molecular formula is C17H21FN2. The molecule has 0 aliphatic rings. The van der Waals surface area contributed by atoms with Crippen LogP contribution in [0.25, 0.3) is 0 Å². The molecule has 0 aliphatic heterocycles. The summed E-state index contributed by atoms with van der Waals surface area (Å²) in [7, 11) is 0. The molecule has 0 amide bonds. The van der Waals surface area contributed by atoms with Crippen molar-refractivity contribution < 1.29 is 4.39 Å². The van der Waals surface area contributed by atoms with Crippen LogP contribution in [-0.4, -0.2) is 6.04 Å². The molecule has 2 aromatic rings. The lowest BCUT2D eigenvalue weighted by molar-refractivity contribution is 0.491. The third kappa shape index (κ3) is 4.44. The van der Waals surface area contributed by atoms with Crippen LogP contribution in [0.5, 0.6) is 0 Å². The minimum atomic E-state index is -0.203. The monoisotopic (exact) mass is 272 g/mol. The molecule has 0 heterocycles. The summed E-state index contributed by atoms with van der Waals surface area (Å²) in [5.41, 5.74) is 6.55. The van der Waals surface area contributed by atoms with Crippen LogP contribution in [0.1, 0.15) is 23.1 Å². The fourth-order valence-electron chi connectivity index (χ4n) is 2.36. The van der Waals surface area contributed by atoms with E-state index < -0.39 is 0 Å². The normalized spacial score (nSPS) is 12.3. The van der Waals surface area contributed by atoms with Crippen molar-refractivity contribution in [2.75, 3.05) is 0 Å². The Balaban J connectivity index is 1.90. The van der Waals surface area contributed by atoms with Crippen LogP contribution in [0, 0.1) is 12.7 Å². The zero-order valence-electron chi connectivity index (χ0n) is 11.8. The molecule has 0 fully saturated rings. The van der Waals surface area contributed by atoms with Gasteiger partial charge in [0.05, 0.1) is 0 Å². The van der Waals surface area contributed by atoms with Crippen LogP contribution in [0.15, 0.2) is 48.5 Å². The predicted molar refractivity (Wildman–Crippen MR) is 80.7 cm³/mol. The molecule has 1 atom stereocenters. The molecule has 0 saturated heterocycles. The van der Waals surface area contributed by atoms with Crippen molar-refractivity contribution in [2.24, 2.45) is 5.84 Å². The summed E-state index contributed by atoms with van der Waals surface area (Å²) in [5.74, 6) is 5.42. The van der Waals surface area contributed by atoms with Gasteiger partial charge in [-0.05, 0) is 49.4 Å². The van der Waals surface area contributed by atoms with E-state index >= 15 is 0 Å². The van der Waals surface area contributed by atoms with Gasteiger partial charge >= 0.3 is 0 Å². The quantitative estimate of drug-likeness (QED) is 0.626. The van der Waals surface area contributed by atoms with E-state index in [-0.39, 0.29) is 11.9 Å². The Bertz CT molecular complexity index is 537. The molecule has 0 aromatic heterocycles. The number of hydrogen-bond donors (Lipinski definition) is 2. The first-order valence-electron chi connectivity index (χ1n) is 6.93. The van der Waals surface area contributed by atoms with Crippen LogP contribution in [0.3, 0.4) is 0 Å². The molecule has 0 radical (unpaired) electrons. The number of hydrazine groups is 1. The van der Waals surface area contributed by atoms with Crippen molar-refractivity contribution >= 4 is 0 Å². The van der Waals surface area contributed by atoms with Gasteiger partial charge in [0.2, 0.25) is 0 Å². The topological polar surface area (TPSA) is 38.0 Å². The van der Waals surface area contributed by atoms with Gasteiger partial charge in [-0.2, -0.15) is 0 Å². The van der Waals surface area contributed by atoms with Crippen LogP contribution < -0.4 is 11.3 Å². The average Bonchev–Trinajstić information content (AvgIpc) is 2.45. The fraction of sp³-hybridized carbons (Fsp3) is 0.294. The van der Waals surface area contributed by atoms with E-state index in [9.17, 15) is 4.39 Å². The second kappa shape index (κ2) is 7.17. The van der Waals surface area contributed by atoms with E-state index in [1.165, 1.54) is 23.3 Å². The van der Waals surface area contributed by atoms with Crippen molar-refractivity contribution in [2.45, 2.75) is 32.2 Å². The third-order valence-electron chi connectivity index (χ3n) is 3.50. The van der Waals surface area contributed by atoms with E-state index in [0.717, 1.165) is 24.8 Å². The lowest BCUT2D eigenvalue weighted by Gasteiger charge is -2.16. The summed E-state index contributed by atoms with van der Waals surface area (Å²) < 4.78 is 12.9. The molecule has 2 rings (SSSR count).